The molecule has 3 fully saturated rings. The zero-order valence-corrected chi connectivity index (χ0v) is 14.4. The molecule has 10 heteroatoms. The minimum absolute atomic E-state index is 0.0354. The van der Waals surface area contributed by atoms with Gasteiger partial charge in [0.15, 0.2) is 5.15 Å². The molecule has 2 bridgehead atoms. The van der Waals surface area contributed by atoms with Crippen LogP contribution in [-0.2, 0) is 14.9 Å². The Hall–Kier alpha value is -1.90. The zero-order chi connectivity index (χ0) is 19.0. The summed E-state index contributed by atoms with van der Waals surface area (Å²) in [6, 6.07) is 0. The second-order valence-electron chi connectivity index (χ2n) is 6.97. The number of imidazole rings is 1. The van der Waals surface area contributed by atoms with Crippen molar-refractivity contribution in [2.45, 2.75) is 42.9 Å². The molecule has 2 aromatic rings. The number of nitrogens with zero attached hydrogens (tertiary/aromatic N) is 3. The first kappa shape index (κ1) is 17.5. The Kier molecular flexibility index (Phi) is 3.43. The smallest absolute Gasteiger partial charge is 0.318 e. The molecule has 0 N–H and O–H groups in total. The number of ether oxygens (including phenoxy) is 1. The quantitative estimate of drug-likeness (QED) is 0.579. The van der Waals surface area contributed by atoms with Crippen molar-refractivity contribution in [1.82, 2.24) is 14.4 Å². The molecule has 26 heavy (non-hydrogen) atoms. The second-order valence-corrected chi connectivity index (χ2v) is 7.33. The summed E-state index contributed by atoms with van der Waals surface area (Å²) in [4.78, 5) is 19.9. The lowest BCUT2D eigenvalue weighted by atomic mass is 9.49. The van der Waals surface area contributed by atoms with Crippen molar-refractivity contribution in [2.24, 2.45) is 5.41 Å². The highest BCUT2D eigenvalue weighted by atomic mass is 35.5. The zero-order valence-electron chi connectivity index (χ0n) is 13.6. The average molecular weight is 392 g/mol. The van der Waals surface area contributed by atoms with Gasteiger partial charge in [-0.05, 0) is 12.8 Å². The number of fused-ring (bicyclic) bond motifs is 4. The molecular formula is C16H14ClF4N3O2. The molecule has 2 atom stereocenters. The molecule has 0 saturated heterocycles. The summed E-state index contributed by atoms with van der Waals surface area (Å²) in [5.74, 6) is -8.71. The van der Waals surface area contributed by atoms with Crippen LogP contribution in [0.1, 0.15) is 31.5 Å². The molecule has 5 nitrogen and oxygen atoms in total. The minimum Gasteiger partial charge on any atom is -0.468 e. The van der Waals surface area contributed by atoms with Gasteiger partial charge in [-0.3, -0.25) is 9.20 Å². The number of halogens is 5. The predicted molar refractivity (Wildman–Crippen MR) is 82.5 cm³/mol. The van der Waals surface area contributed by atoms with Gasteiger partial charge in [-0.2, -0.15) is 0 Å². The third kappa shape index (κ3) is 1.89. The van der Waals surface area contributed by atoms with Gasteiger partial charge in [0.2, 0.25) is 0 Å². The normalized spacial score (nSPS) is 31.9. The lowest BCUT2D eigenvalue weighted by Crippen LogP contribution is -2.69. The van der Waals surface area contributed by atoms with Gasteiger partial charge in [0.05, 0.1) is 18.7 Å². The van der Waals surface area contributed by atoms with E-state index in [0.717, 1.165) is 7.11 Å². The van der Waals surface area contributed by atoms with Crippen molar-refractivity contribution in [3.05, 3.63) is 29.6 Å². The van der Waals surface area contributed by atoms with Gasteiger partial charge < -0.3 is 4.74 Å². The molecule has 3 saturated carbocycles. The highest BCUT2D eigenvalue weighted by molar-refractivity contribution is 6.32. The highest BCUT2D eigenvalue weighted by Crippen LogP contribution is 2.69. The van der Waals surface area contributed by atoms with Crippen molar-refractivity contribution in [3.63, 3.8) is 0 Å². The summed E-state index contributed by atoms with van der Waals surface area (Å²) in [5, 5.41) is 0.0354. The van der Waals surface area contributed by atoms with Crippen LogP contribution >= 0.6 is 11.6 Å². The fourth-order valence-corrected chi connectivity index (χ4v) is 4.64. The summed E-state index contributed by atoms with van der Waals surface area (Å²) in [7, 11) is 0.929. The van der Waals surface area contributed by atoms with Crippen molar-refractivity contribution in [1.29, 1.82) is 0 Å². The summed E-state index contributed by atoms with van der Waals surface area (Å²) in [5.41, 5.74) is -4.46. The molecule has 5 rings (SSSR count). The Balaban J connectivity index is 1.92. The molecule has 2 unspecified atom stereocenters. The molecule has 0 spiro atoms. The van der Waals surface area contributed by atoms with Gasteiger partial charge in [0.25, 0.3) is 11.8 Å². The van der Waals surface area contributed by atoms with Gasteiger partial charge in [0, 0.05) is 25.2 Å². The van der Waals surface area contributed by atoms with Crippen molar-refractivity contribution < 1.29 is 27.1 Å². The maximum absolute atomic E-state index is 15.2. The number of hydrogen-bond acceptors (Lipinski definition) is 4. The van der Waals surface area contributed by atoms with Crippen LogP contribution < -0.4 is 0 Å². The van der Waals surface area contributed by atoms with E-state index in [1.807, 2.05) is 0 Å². The summed E-state index contributed by atoms with van der Waals surface area (Å²) < 4.78 is 66.0. The molecule has 140 valence electrons. The Labute approximate surface area is 150 Å². The molecule has 0 aromatic carbocycles. The number of carbonyl (C=O) groups is 1. The van der Waals surface area contributed by atoms with Crippen LogP contribution in [-0.4, -0.2) is 39.3 Å². The fraction of sp³-hybridized carbons (Fsp3) is 0.562. The molecule has 0 radical (unpaired) electrons. The first-order chi connectivity index (χ1) is 12.1. The summed E-state index contributed by atoms with van der Waals surface area (Å²) in [6.07, 6.45) is 0.694. The predicted octanol–water partition coefficient (Wildman–Crippen LogP) is 3.64. The lowest BCUT2D eigenvalue weighted by Gasteiger charge is -2.58. The average Bonchev–Trinajstić information content (AvgIpc) is 3.00. The van der Waals surface area contributed by atoms with Crippen molar-refractivity contribution >= 4 is 23.1 Å². The SMILES string of the molecule is COC(=O)C12CCC(c3ncc4c(Cl)nccn34)(CC1(F)F)C(F)(F)C2. The van der Waals surface area contributed by atoms with Crippen LogP contribution in [0.4, 0.5) is 17.6 Å². The minimum atomic E-state index is -3.65. The van der Waals surface area contributed by atoms with Gasteiger partial charge in [0.1, 0.15) is 16.8 Å². The third-order valence-electron chi connectivity index (χ3n) is 5.84. The molecule has 2 heterocycles. The Morgan fingerprint density at radius 2 is 1.92 bits per heavy atom. The molecule has 2 aromatic heterocycles. The van der Waals surface area contributed by atoms with Crippen LogP contribution in [0.2, 0.25) is 5.15 Å². The van der Waals surface area contributed by atoms with E-state index in [2.05, 4.69) is 14.7 Å². The summed E-state index contributed by atoms with van der Waals surface area (Å²) in [6.45, 7) is 0. The van der Waals surface area contributed by atoms with Crippen LogP contribution in [0.5, 0.6) is 0 Å². The first-order valence-corrected chi connectivity index (χ1v) is 8.30. The van der Waals surface area contributed by atoms with Gasteiger partial charge >= 0.3 is 5.97 Å². The number of esters is 1. The topological polar surface area (TPSA) is 56.5 Å². The monoisotopic (exact) mass is 391 g/mol. The van der Waals surface area contributed by atoms with E-state index in [4.69, 9.17) is 11.6 Å². The largest absolute Gasteiger partial charge is 0.468 e. The van der Waals surface area contributed by atoms with Crippen LogP contribution in [0.15, 0.2) is 18.6 Å². The molecule has 3 aliphatic carbocycles. The Bertz CT molecular complexity index is 918. The Morgan fingerprint density at radius 3 is 2.54 bits per heavy atom. The molecule has 0 aliphatic heterocycles. The number of alkyl halides is 4. The van der Waals surface area contributed by atoms with E-state index in [1.54, 1.807) is 0 Å². The third-order valence-corrected chi connectivity index (χ3v) is 6.13. The van der Waals surface area contributed by atoms with Crippen molar-refractivity contribution in [3.8, 4) is 0 Å². The molecule has 3 aliphatic rings. The number of rotatable bonds is 2. The van der Waals surface area contributed by atoms with Gasteiger partial charge in [-0.1, -0.05) is 11.6 Å². The van der Waals surface area contributed by atoms with E-state index in [-0.39, 0.29) is 22.9 Å². The van der Waals surface area contributed by atoms with E-state index in [9.17, 15) is 13.6 Å². The first-order valence-electron chi connectivity index (χ1n) is 7.92. The summed E-state index contributed by atoms with van der Waals surface area (Å²) >= 11 is 5.95. The fourth-order valence-electron chi connectivity index (χ4n) is 4.45. The maximum atomic E-state index is 15.2. The van der Waals surface area contributed by atoms with Crippen LogP contribution in [0.25, 0.3) is 5.52 Å². The number of aromatic nitrogens is 3. The maximum Gasteiger partial charge on any atom is 0.318 e. The number of carbonyl (C=O) groups excluding carboxylic acids is 1. The van der Waals surface area contributed by atoms with Crippen molar-refractivity contribution in [2.75, 3.05) is 7.11 Å². The lowest BCUT2D eigenvalue weighted by molar-refractivity contribution is -0.283. The molecular weight excluding hydrogens is 378 g/mol. The second kappa shape index (κ2) is 5.09. The molecule has 0 amide bonds. The highest BCUT2D eigenvalue weighted by Gasteiger charge is 2.79. The van der Waals surface area contributed by atoms with Gasteiger partial charge in [-0.15, -0.1) is 0 Å². The number of methoxy groups -OCH3 is 1. The van der Waals surface area contributed by atoms with Crippen LogP contribution in [0.3, 0.4) is 0 Å². The van der Waals surface area contributed by atoms with E-state index < -0.39 is 47.9 Å². The Morgan fingerprint density at radius 1 is 1.19 bits per heavy atom. The van der Waals surface area contributed by atoms with Gasteiger partial charge in [-0.25, -0.2) is 27.5 Å². The van der Waals surface area contributed by atoms with E-state index in [0.29, 0.717) is 0 Å². The van der Waals surface area contributed by atoms with Crippen LogP contribution in [0, 0.1) is 5.41 Å². The number of hydrogen-bond donors (Lipinski definition) is 0. The standard InChI is InChI=1S/C16H14ClF4N3O2/c1-26-12(25)14-3-2-13(7-16(14,20)21,15(18,19)8-14)11-23-6-9-10(17)22-4-5-24(9)11/h4-6H,2-3,7-8H2,1H3. The van der Waals surface area contributed by atoms with E-state index >= 15 is 8.78 Å². The van der Waals surface area contributed by atoms with E-state index in [1.165, 1.54) is 23.0 Å².